The molecule has 1 aromatic rings. The lowest BCUT2D eigenvalue weighted by atomic mass is 10.2. The highest BCUT2D eigenvalue weighted by atomic mass is 16.1. The monoisotopic (exact) mass is 167 g/mol. The highest BCUT2D eigenvalue weighted by molar-refractivity contribution is 5.92. The highest BCUT2D eigenvalue weighted by Crippen LogP contribution is 2.04. The van der Waals surface area contributed by atoms with Gasteiger partial charge in [-0.15, -0.1) is 5.10 Å². The Morgan fingerprint density at radius 2 is 2.25 bits per heavy atom. The van der Waals surface area contributed by atoms with Gasteiger partial charge >= 0.3 is 0 Å². The van der Waals surface area contributed by atoms with E-state index in [1.54, 1.807) is 4.68 Å². The molecule has 0 radical (unpaired) electrons. The molecule has 1 heterocycles. The molecule has 0 atom stereocenters. The normalized spacial score (nSPS) is 10.2. The molecule has 1 rings (SSSR count). The molecule has 0 fully saturated rings. The van der Waals surface area contributed by atoms with Gasteiger partial charge in [-0.25, -0.2) is 4.68 Å². The van der Waals surface area contributed by atoms with E-state index in [0.717, 1.165) is 18.7 Å². The van der Waals surface area contributed by atoms with E-state index in [1.807, 2.05) is 6.92 Å². The fraction of sp³-hybridized carbons (Fsp3) is 0.625. The number of carbonyl (C=O) groups is 1. The van der Waals surface area contributed by atoms with Gasteiger partial charge in [0.05, 0.1) is 5.69 Å². The number of carbonyl (C=O) groups excluding carboxylic acids is 1. The predicted octanol–water partition coefficient (Wildman–Crippen LogP) is 1.20. The maximum atomic E-state index is 11.0. The van der Waals surface area contributed by atoms with Crippen LogP contribution >= 0.6 is 0 Å². The van der Waals surface area contributed by atoms with E-state index in [4.69, 9.17) is 0 Å². The van der Waals surface area contributed by atoms with Crippen molar-refractivity contribution < 1.29 is 4.79 Å². The third kappa shape index (κ3) is 1.52. The average molecular weight is 167 g/mol. The number of ketones is 1. The maximum absolute atomic E-state index is 11.0. The van der Waals surface area contributed by atoms with Crippen LogP contribution in [-0.4, -0.2) is 20.8 Å². The Hall–Kier alpha value is -1.19. The molecule has 12 heavy (non-hydrogen) atoms. The molecule has 0 N–H and O–H groups in total. The fourth-order valence-electron chi connectivity index (χ4n) is 1.11. The van der Waals surface area contributed by atoms with E-state index < -0.39 is 0 Å². The lowest BCUT2D eigenvalue weighted by Crippen LogP contribution is -2.02. The summed E-state index contributed by atoms with van der Waals surface area (Å²) in [4.78, 5) is 11.0. The molecule has 0 unspecified atom stereocenters. The molecule has 0 aromatic carbocycles. The molecular formula is C8H13N3O. The van der Waals surface area contributed by atoms with Gasteiger partial charge in [0.15, 0.2) is 11.5 Å². The van der Waals surface area contributed by atoms with Crippen molar-refractivity contribution in [2.24, 2.45) is 0 Å². The number of Topliss-reactive ketones (excluding diaryl/α,β-unsaturated/α-hetero) is 1. The van der Waals surface area contributed by atoms with Crippen LogP contribution in [0.15, 0.2) is 0 Å². The van der Waals surface area contributed by atoms with Gasteiger partial charge in [-0.2, -0.15) is 0 Å². The van der Waals surface area contributed by atoms with E-state index in [9.17, 15) is 4.79 Å². The van der Waals surface area contributed by atoms with Gasteiger partial charge in [0.25, 0.3) is 0 Å². The van der Waals surface area contributed by atoms with Crippen molar-refractivity contribution in [3.63, 3.8) is 0 Å². The molecule has 0 amide bonds. The van der Waals surface area contributed by atoms with E-state index in [0.29, 0.717) is 5.69 Å². The highest BCUT2D eigenvalue weighted by Gasteiger charge is 2.10. The van der Waals surface area contributed by atoms with Crippen molar-refractivity contribution in [2.45, 2.75) is 33.7 Å². The minimum atomic E-state index is -0.0187. The van der Waals surface area contributed by atoms with Gasteiger partial charge < -0.3 is 0 Å². The molecule has 1 aromatic heterocycles. The quantitative estimate of drug-likeness (QED) is 0.635. The van der Waals surface area contributed by atoms with Gasteiger partial charge in [-0.05, 0) is 13.3 Å². The summed E-state index contributed by atoms with van der Waals surface area (Å²) in [5.74, 6) is -0.0187. The summed E-state index contributed by atoms with van der Waals surface area (Å²) in [6.45, 7) is 6.26. The van der Waals surface area contributed by atoms with Gasteiger partial charge in [0.2, 0.25) is 0 Å². The summed E-state index contributed by atoms with van der Waals surface area (Å²) in [5.41, 5.74) is 1.35. The van der Waals surface area contributed by atoms with Crippen LogP contribution in [0.3, 0.4) is 0 Å². The molecule has 0 aliphatic carbocycles. The minimum absolute atomic E-state index is 0.0187. The zero-order valence-electron chi connectivity index (χ0n) is 7.66. The van der Waals surface area contributed by atoms with Crippen LogP contribution in [0.4, 0.5) is 0 Å². The lowest BCUT2D eigenvalue weighted by Gasteiger charge is -1.98. The van der Waals surface area contributed by atoms with Crippen LogP contribution in [0.1, 0.15) is 36.5 Å². The van der Waals surface area contributed by atoms with Gasteiger partial charge in [-0.1, -0.05) is 12.1 Å². The second-order valence-corrected chi connectivity index (χ2v) is 2.80. The molecular weight excluding hydrogens is 154 g/mol. The number of aromatic nitrogens is 3. The molecule has 0 spiro atoms. The Morgan fingerprint density at radius 1 is 1.58 bits per heavy atom. The smallest absolute Gasteiger partial charge is 0.181 e. The first-order chi connectivity index (χ1) is 5.66. The summed E-state index contributed by atoms with van der Waals surface area (Å²) in [7, 11) is 0. The van der Waals surface area contributed by atoms with E-state index in [1.165, 1.54) is 6.92 Å². The van der Waals surface area contributed by atoms with Crippen molar-refractivity contribution >= 4 is 5.78 Å². The average Bonchev–Trinajstić information content (AvgIpc) is 2.34. The Bertz CT molecular complexity index is 290. The summed E-state index contributed by atoms with van der Waals surface area (Å²) < 4.78 is 1.76. The summed E-state index contributed by atoms with van der Waals surface area (Å²) in [6, 6.07) is 0. The molecule has 0 aliphatic heterocycles. The lowest BCUT2D eigenvalue weighted by molar-refractivity contribution is 0.101. The zero-order valence-corrected chi connectivity index (χ0v) is 7.66. The van der Waals surface area contributed by atoms with Crippen molar-refractivity contribution in [3.8, 4) is 0 Å². The number of hydrogen-bond donors (Lipinski definition) is 0. The van der Waals surface area contributed by atoms with Crippen LogP contribution < -0.4 is 0 Å². The van der Waals surface area contributed by atoms with Crippen LogP contribution in [0.2, 0.25) is 0 Å². The van der Waals surface area contributed by atoms with Crippen molar-refractivity contribution in [3.05, 3.63) is 11.4 Å². The Labute approximate surface area is 71.6 Å². The van der Waals surface area contributed by atoms with Gasteiger partial charge in [-0.3, -0.25) is 4.79 Å². The van der Waals surface area contributed by atoms with Crippen LogP contribution in [-0.2, 0) is 6.54 Å². The number of aryl methyl sites for hydroxylation is 1. The largest absolute Gasteiger partial charge is 0.293 e. The van der Waals surface area contributed by atoms with Gasteiger partial charge in [0.1, 0.15) is 0 Å². The van der Waals surface area contributed by atoms with Crippen LogP contribution in [0.25, 0.3) is 0 Å². The third-order valence-corrected chi connectivity index (χ3v) is 1.75. The molecule has 0 aliphatic rings. The predicted molar refractivity (Wildman–Crippen MR) is 45.1 cm³/mol. The standard InChI is InChI=1S/C8H13N3O/c1-4-5-11-6(2)8(7(3)12)9-10-11/h4-5H2,1-3H3. The number of hydrogen-bond acceptors (Lipinski definition) is 3. The van der Waals surface area contributed by atoms with Crippen LogP contribution in [0, 0.1) is 6.92 Å². The van der Waals surface area contributed by atoms with E-state index in [2.05, 4.69) is 17.2 Å². The zero-order chi connectivity index (χ0) is 9.14. The SMILES string of the molecule is CCCn1nnc(C(C)=O)c1C. The molecule has 0 saturated heterocycles. The van der Waals surface area contributed by atoms with Crippen molar-refractivity contribution in [1.82, 2.24) is 15.0 Å². The first kappa shape index (κ1) is 8.90. The molecule has 4 heteroatoms. The fourth-order valence-corrected chi connectivity index (χ4v) is 1.11. The van der Waals surface area contributed by atoms with Crippen molar-refractivity contribution in [1.29, 1.82) is 0 Å². The minimum Gasteiger partial charge on any atom is -0.293 e. The number of rotatable bonds is 3. The molecule has 4 nitrogen and oxygen atoms in total. The van der Waals surface area contributed by atoms with E-state index >= 15 is 0 Å². The first-order valence-corrected chi connectivity index (χ1v) is 4.07. The second kappa shape index (κ2) is 3.47. The maximum Gasteiger partial charge on any atom is 0.181 e. The number of nitrogens with zero attached hydrogens (tertiary/aromatic N) is 3. The Balaban J connectivity index is 2.96. The topological polar surface area (TPSA) is 47.8 Å². The summed E-state index contributed by atoms with van der Waals surface area (Å²) >= 11 is 0. The summed E-state index contributed by atoms with van der Waals surface area (Å²) in [6.07, 6.45) is 1.00. The van der Waals surface area contributed by atoms with E-state index in [-0.39, 0.29) is 5.78 Å². The van der Waals surface area contributed by atoms with Gasteiger partial charge in [0, 0.05) is 13.5 Å². The molecule has 0 bridgehead atoms. The van der Waals surface area contributed by atoms with Crippen LogP contribution in [0.5, 0.6) is 0 Å². The molecule has 66 valence electrons. The Morgan fingerprint density at radius 3 is 2.67 bits per heavy atom. The molecule has 0 saturated carbocycles. The first-order valence-electron chi connectivity index (χ1n) is 4.07. The summed E-state index contributed by atoms with van der Waals surface area (Å²) in [5, 5.41) is 7.67. The second-order valence-electron chi connectivity index (χ2n) is 2.80. The Kier molecular flexibility index (Phi) is 2.58. The van der Waals surface area contributed by atoms with Crippen molar-refractivity contribution in [2.75, 3.05) is 0 Å². The third-order valence-electron chi connectivity index (χ3n) is 1.75.